The fourth-order valence-electron chi connectivity index (χ4n) is 2.90. The summed E-state index contributed by atoms with van der Waals surface area (Å²) in [7, 11) is 1.79. The number of carbonyl (C=O) groups is 1. The zero-order valence-electron chi connectivity index (χ0n) is 11.9. The van der Waals surface area contributed by atoms with Gasteiger partial charge in [-0.25, -0.2) is 0 Å². The molecule has 0 saturated carbocycles. The van der Waals surface area contributed by atoms with E-state index < -0.39 is 5.60 Å². The lowest BCUT2D eigenvalue weighted by Crippen LogP contribution is -2.48. The van der Waals surface area contributed by atoms with Crippen molar-refractivity contribution in [1.29, 1.82) is 0 Å². The normalized spacial score (nSPS) is 26.9. The van der Waals surface area contributed by atoms with Crippen molar-refractivity contribution in [2.24, 2.45) is 0 Å². The Balaban J connectivity index is 1.77. The number of hydrogen-bond donors (Lipinski definition) is 2. The monoisotopic (exact) mass is 270 g/mol. The Kier molecular flexibility index (Phi) is 5.19. The lowest BCUT2D eigenvalue weighted by atomic mass is 9.93. The van der Waals surface area contributed by atoms with Gasteiger partial charge in [0.2, 0.25) is 5.91 Å². The highest BCUT2D eigenvalue weighted by Crippen LogP contribution is 2.22. The molecule has 0 aliphatic carbocycles. The molecule has 1 amide bonds. The van der Waals surface area contributed by atoms with Crippen molar-refractivity contribution in [3.63, 3.8) is 0 Å². The molecule has 0 radical (unpaired) electrons. The molecule has 19 heavy (non-hydrogen) atoms. The molecule has 2 N–H and O–H groups in total. The van der Waals surface area contributed by atoms with Crippen LogP contribution in [0.1, 0.15) is 38.5 Å². The zero-order chi connectivity index (χ0) is 13.7. The van der Waals surface area contributed by atoms with Crippen molar-refractivity contribution in [2.45, 2.75) is 50.2 Å². The van der Waals surface area contributed by atoms with Gasteiger partial charge in [-0.15, -0.1) is 0 Å². The van der Waals surface area contributed by atoms with Gasteiger partial charge in [0, 0.05) is 52.1 Å². The molecule has 1 atom stereocenters. The smallest absolute Gasteiger partial charge is 0.223 e. The van der Waals surface area contributed by atoms with Gasteiger partial charge in [0.15, 0.2) is 0 Å². The molecule has 110 valence electrons. The van der Waals surface area contributed by atoms with Gasteiger partial charge >= 0.3 is 0 Å². The Morgan fingerprint density at radius 2 is 2.16 bits per heavy atom. The molecule has 2 rings (SSSR count). The van der Waals surface area contributed by atoms with E-state index in [2.05, 4.69) is 5.32 Å². The van der Waals surface area contributed by atoms with Gasteiger partial charge in [-0.05, 0) is 19.4 Å². The Bertz CT molecular complexity index is 297. The summed E-state index contributed by atoms with van der Waals surface area (Å²) in [5.41, 5.74) is -0.761. The summed E-state index contributed by atoms with van der Waals surface area (Å²) in [6.07, 6.45) is 5.27. The minimum absolute atomic E-state index is 0.124. The molecule has 5 nitrogen and oxygen atoms in total. The lowest BCUT2D eigenvalue weighted by Gasteiger charge is -2.36. The minimum Gasteiger partial charge on any atom is -0.388 e. The Morgan fingerprint density at radius 1 is 1.42 bits per heavy atom. The lowest BCUT2D eigenvalue weighted by molar-refractivity contribution is -0.137. The van der Waals surface area contributed by atoms with Crippen LogP contribution in [0.4, 0.5) is 0 Å². The molecule has 0 aromatic rings. The van der Waals surface area contributed by atoms with Gasteiger partial charge in [0.05, 0.1) is 5.60 Å². The second-order valence-electron chi connectivity index (χ2n) is 5.94. The molecule has 2 heterocycles. The third kappa shape index (κ3) is 4.44. The van der Waals surface area contributed by atoms with Gasteiger partial charge in [-0.1, -0.05) is 6.42 Å². The average Bonchev–Trinajstić information content (AvgIpc) is 2.40. The van der Waals surface area contributed by atoms with Crippen molar-refractivity contribution in [2.75, 3.05) is 33.4 Å². The van der Waals surface area contributed by atoms with Crippen molar-refractivity contribution >= 4 is 5.91 Å². The number of carbonyl (C=O) groups excluding carboxylic acids is 1. The molecule has 2 aliphatic heterocycles. The molecule has 0 spiro atoms. The van der Waals surface area contributed by atoms with Gasteiger partial charge in [0.25, 0.3) is 0 Å². The third-order valence-electron chi connectivity index (χ3n) is 4.21. The van der Waals surface area contributed by atoms with Crippen molar-refractivity contribution in [1.82, 2.24) is 10.2 Å². The van der Waals surface area contributed by atoms with E-state index in [0.717, 1.165) is 13.0 Å². The number of hydrogen-bond acceptors (Lipinski definition) is 4. The number of rotatable bonds is 4. The molecule has 5 heteroatoms. The first-order chi connectivity index (χ1) is 9.09. The maximum Gasteiger partial charge on any atom is 0.223 e. The predicted molar refractivity (Wildman–Crippen MR) is 72.9 cm³/mol. The van der Waals surface area contributed by atoms with Crippen LogP contribution in [0.5, 0.6) is 0 Å². The topological polar surface area (TPSA) is 61.8 Å². The van der Waals surface area contributed by atoms with Crippen molar-refractivity contribution < 1.29 is 14.6 Å². The number of aliphatic hydroxyl groups is 1. The first-order valence-corrected chi connectivity index (χ1v) is 7.37. The first-order valence-electron chi connectivity index (χ1n) is 7.37. The van der Waals surface area contributed by atoms with E-state index in [9.17, 15) is 9.90 Å². The molecule has 0 aromatic heterocycles. The maximum atomic E-state index is 12.2. The number of piperidine rings is 1. The van der Waals surface area contributed by atoms with E-state index >= 15 is 0 Å². The van der Waals surface area contributed by atoms with E-state index in [-0.39, 0.29) is 5.91 Å². The fourth-order valence-corrected chi connectivity index (χ4v) is 2.90. The maximum absolute atomic E-state index is 12.2. The van der Waals surface area contributed by atoms with E-state index in [1.165, 1.54) is 12.8 Å². The average molecular weight is 270 g/mol. The highest BCUT2D eigenvalue weighted by atomic mass is 16.5. The van der Waals surface area contributed by atoms with Crippen LogP contribution < -0.4 is 5.32 Å². The number of amides is 1. The Labute approximate surface area is 115 Å². The first kappa shape index (κ1) is 14.8. The summed E-state index contributed by atoms with van der Waals surface area (Å²) in [5.74, 6) is 0.124. The molecule has 2 fully saturated rings. The molecular formula is C14H26N2O3. The van der Waals surface area contributed by atoms with Gasteiger partial charge < -0.3 is 20.1 Å². The van der Waals surface area contributed by atoms with Gasteiger partial charge in [-0.3, -0.25) is 4.79 Å². The highest BCUT2D eigenvalue weighted by Gasteiger charge is 2.32. The predicted octanol–water partition coefficient (Wildman–Crippen LogP) is 0.518. The van der Waals surface area contributed by atoms with Crippen LogP contribution in [0.3, 0.4) is 0 Å². The zero-order valence-corrected chi connectivity index (χ0v) is 11.9. The summed E-state index contributed by atoms with van der Waals surface area (Å²) in [5, 5.41) is 13.8. The highest BCUT2D eigenvalue weighted by molar-refractivity contribution is 5.76. The quantitative estimate of drug-likeness (QED) is 0.782. The molecular weight excluding hydrogens is 244 g/mol. The number of nitrogens with zero attached hydrogens (tertiary/aromatic N) is 1. The summed E-state index contributed by atoms with van der Waals surface area (Å²) in [6.45, 7) is 2.61. The largest absolute Gasteiger partial charge is 0.388 e. The van der Waals surface area contributed by atoms with Gasteiger partial charge in [-0.2, -0.15) is 0 Å². The molecule has 0 bridgehead atoms. The van der Waals surface area contributed by atoms with E-state index in [4.69, 9.17) is 4.74 Å². The number of nitrogens with one attached hydrogen (secondary N) is 1. The Hall–Kier alpha value is -0.650. The molecule has 0 aromatic carbocycles. The van der Waals surface area contributed by atoms with E-state index in [1.807, 2.05) is 0 Å². The third-order valence-corrected chi connectivity index (χ3v) is 4.21. The van der Waals surface area contributed by atoms with Crippen LogP contribution in [0.25, 0.3) is 0 Å². The van der Waals surface area contributed by atoms with Crippen LogP contribution in [-0.2, 0) is 9.53 Å². The molecule has 2 aliphatic rings. The van der Waals surface area contributed by atoms with E-state index in [1.54, 1.807) is 11.9 Å². The molecule has 2 saturated heterocycles. The minimum atomic E-state index is -0.761. The second-order valence-corrected chi connectivity index (χ2v) is 5.94. The van der Waals surface area contributed by atoms with Crippen LogP contribution in [0.2, 0.25) is 0 Å². The fraction of sp³-hybridized carbons (Fsp3) is 0.929. The van der Waals surface area contributed by atoms with Crippen LogP contribution in [-0.4, -0.2) is 60.9 Å². The van der Waals surface area contributed by atoms with E-state index in [0.29, 0.717) is 45.1 Å². The molecule has 1 unspecified atom stereocenters. The van der Waals surface area contributed by atoms with Gasteiger partial charge in [0.1, 0.15) is 0 Å². The Morgan fingerprint density at radius 3 is 2.79 bits per heavy atom. The van der Waals surface area contributed by atoms with Crippen LogP contribution in [0.15, 0.2) is 0 Å². The van der Waals surface area contributed by atoms with Crippen molar-refractivity contribution in [3.8, 4) is 0 Å². The number of likely N-dealkylation sites (N-methyl/N-ethyl adjacent to an activating group) is 1. The van der Waals surface area contributed by atoms with Crippen molar-refractivity contribution in [3.05, 3.63) is 0 Å². The summed E-state index contributed by atoms with van der Waals surface area (Å²) < 4.78 is 5.26. The standard InChI is InChI=1S/C14H26N2O3/c1-16(11-14(18)5-8-19-9-6-14)13(17)10-12-4-2-3-7-15-12/h12,15,18H,2-11H2,1H3. The second kappa shape index (κ2) is 6.68. The van der Waals surface area contributed by atoms with Crippen LogP contribution >= 0.6 is 0 Å². The SMILES string of the molecule is CN(CC1(O)CCOCC1)C(=O)CC1CCCCN1. The summed E-state index contributed by atoms with van der Waals surface area (Å²) in [6, 6.07) is 0.313. The van der Waals surface area contributed by atoms with Crippen LogP contribution in [0, 0.1) is 0 Å². The summed E-state index contributed by atoms with van der Waals surface area (Å²) >= 11 is 0. The number of ether oxygens (including phenoxy) is 1. The summed E-state index contributed by atoms with van der Waals surface area (Å²) in [4.78, 5) is 13.9.